The van der Waals surface area contributed by atoms with Gasteiger partial charge in [-0.05, 0) is 34.9 Å². The van der Waals surface area contributed by atoms with Crippen LogP contribution in [-0.2, 0) is 0 Å². The summed E-state index contributed by atoms with van der Waals surface area (Å²) < 4.78 is 5.43. The van der Waals surface area contributed by atoms with Crippen LogP contribution in [0.1, 0.15) is 0 Å². The van der Waals surface area contributed by atoms with Crippen molar-refractivity contribution in [3.05, 3.63) is 78.9 Å². The Labute approximate surface area is 119 Å². The minimum Gasteiger partial charge on any atom is -0.496 e. The van der Waals surface area contributed by atoms with E-state index in [0.29, 0.717) is 0 Å². The Morgan fingerprint density at radius 1 is 0.800 bits per heavy atom. The van der Waals surface area contributed by atoms with E-state index < -0.39 is 0 Å². The van der Waals surface area contributed by atoms with Gasteiger partial charge in [-0.15, -0.1) is 0 Å². The third-order valence-electron chi connectivity index (χ3n) is 3.31. The summed E-state index contributed by atoms with van der Waals surface area (Å²) in [6.07, 6.45) is 0. The molecular weight excluding hydrogens is 244 g/mol. The molecule has 0 aliphatic carbocycles. The van der Waals surface area contributed by atoms with Crippen molar-refractivity contribution in [2.24, 2.45) is 0 Å². The summed E-state index contributed by atoms with van der Waals surface area (Å²) in [5.41, 5.74) is 4.50. The molecule has 3 aromatic rings. The number of hydrogen-bond acceptors (Lipinski definition) is 1. The summed E-state index contributed by atoms with van der Waals surface area (Å²) in [7, 11) is 1.69. The first-order valence-corrected chi connectivity index (χ1v) is 6.59. The van der Waals surface area contributed by atoms with Crippen LogP contribution < -0.4 is 4.74 Å². The van der Waals surface area contributed by atoms with E-state index in [1.807, 2.05) is 30.3 Å². The Bertz CT molecular complexity index is 702. The Kier molecular flexibility index (Phi) is 3.51. The molecule has 0 amide bonds. The van der Waals surface area contributed by atoms with Crippen molar-refractivity contribution in [3.63, 3.8) is 0 Å². The van der Waals surface area contributed by atoms with Gasteiger partial charge in [0.05, 0.1) is 7.11 Å². The van der Waals surface area contributed by atoms with Crippen LogP contribution >= 0.6 is 0 Å². The van der Waals surface area contributed by atoms with Gasteiger partial charge in [-0.3, -0.25) is 0 Å². The van der Waals surface area contributed by atoms with Crippen molar-refractivity contribution in [3.8, 4) is 28.0 Å². The summed E-state index contributed by atoms with van der Waals surface area (Å²) in [5.74, 6) is 0.869. The number of benzene rings is 3. The van der Waals surface area contributed by atoms with E-state index in [2.05, 4.69) is 48.5 Å². The molecule has 0 saturated heterocycles. The lowest BCUT2D eigenvalue weighted by Gasteiger charge is -2.09. The van der Waals surface area contributed by atoms with E-state index in [-0.39, 0.29) is 0 Å². The quantitative estimate of drug-likeness (QED) is 0.654. The molecule has 97 valence electrons. The predicted octanol–water partition coefficient (Wildman–Crippen LogP) is 4.83. The minimum absolute atomic E-state index is 0.869. The average Bonchev–Trinajstić information content (AvgIpc) is 2.56. The SMILES string of the molecule is COc1ccccc1-c1[c]ccc(-c2ccccc2)c1. The smallest absolute Gasteiger partial charge is 0.126 e. The van der Waals surface area contributed by atoms with E-state index in [9.17, 15) is 0 Å². The number of para-hydroxylation sites is 1. The van der Waals surface area contributed by atoms with E-state index in [4.69, 9.17) is 4.74 Å². The monoisotopic (exact) mass is 259 g/mol. The average molecular weight is 259 g/mol. The minimum atomic E-state index is 0.869. The molecule has 0 heterocycles. The lowest BCUT2D eigenvalue weighted by molar-refractivity contribution is 0.416. The summed E-state index contributed by atoms with van der Waals surface area (Å²) in [6, 6.07) is 27.8. The van der Waals surface area contributed by atoms with Crippen LogP contribution in [-0.4, -0.2) is 7.11 Å². The van der Waals surface area contributed by atoms with Crippen molar-refractivity contribution in [2.75, 3.05) is 7.11 Å². The van der Waals surface area contributed by atoms with Gasteiger partial charge >= 0.3 is 0 Å². The van der Waals surface area contributed by atoms with Crippen molar-refractivity contribution in [1.82, 2.24) is 0 Å². The van der Waals surface area contributed by atoms with Crippen molar-refractivity contribution in [1.29, 1.82) is 0 Å². The van der Waals surface area contributed by atoms with Gasteiger partial charge < -0.3 is 4.74 Å². The Hall–Kier alpha value is -2.54. The van der Waals surface area contributed by atoms with Gasteiger partial charge in [0.1, 0.15) is 5.75 Å². The highest BCUT2D eigenvalue weighted by Gasteiger charge is 2.06. The third kappa shape index (κ3) is 2.43. The van der Waals surface area contributed by atoms with Crippen LogP contribution in [0, 0.1) is 6.07 Å². The van der Waals surface area contributed by atoms with Crippen molar-refractivity contribution < 1.29 is 4.74 Å². The van der Waals surface area contributed by atoms with E-state index in [0.717, 1.165) is 16.9 Å². The van der Waals surface area contributed by atoms with Gasteiger partial charge in [-0.25, -0.2) is 0 Å². The highest BCUT2D eigenvalue weighted by molar-refractivity contribution is 5.75. The molecule has 20 heavy (non-hydrogen) atoms. The highest BCUT2D eigenvalue weighted by atomic mass is 16.5. The van der Waals surface area contributed by atoms with Crippen LogP contribution in [0.5, 0.6) is 5.75 Å². The largest absolute Gasteiger partial charge is 0.496 e. The lowest BCUT2D eigenvalue weighted by Crippen LogP contribution is -1.88. The molecule has 0 aliphatic rings. The second-order valence-electron chi connectivity index (χ2n) is 4.56. The van der Waals surface area contributed by atoms with Gasteiger partial charge in [0, 0.05) is 5.56 Å². The first-order chi connectivity index (χ1) is 9.88. The van der Waals surface area contributed by atoms with E-state index in [1.54, 1.807) is 7.11 Å². The number of rotatable bonds is 3. The van der Waals surface area contributed by atoms with E-state index >= 15 is 0 Å². The maximum atomic E-state index is 5.43. The predicted molar refractivity (Wildman–Crippen MR) is 82.7 cm³/mol. The third-order valence-corrected chi connectivity index (χ3v) is 3.31. The maximum absolute atomic E-state index is 5.43. The summed E-state index contributed by atoms with van der Waals surface area (Å²) in [6.45, 7) is 0. The van der Waals surface area contributed by atoms with Gasteiger partial charge in [0.15, 0.2) is 0 Å². The van der Waals surface area contributed by atoms with Crippen LogP contribution in [0.15, 0.2) is 72.8 Å². The molecule has 0 bridgehead atoms. The fraction of sp³-hybridized carbons (Fsp3) is 0.0526. The zero-order valence-electron chi connectivity index (χ0n) is 11.3. The zero-order chi connectivity index (χ0) is 13.8. The Morgan fingerprint density at radius 2 is 1.55 bits per heavy atom. The topological polar surface area (TPSA) is 9.23 Å². The standard InChI is InChI=1S/C19H15O/c1-20-19-13-6-5-12-18(19)17-11-7-10-16(14-17)15-8-3-2-4-9-15/h2-10,12-14H,1H3. The molecule has 0 aromatic heterocycles. The number of methoxy groups -OCH3 is 1. The zero-order valence-corrected chi connectivity index (χ0v) is 11.3. The molecule has 0 spiro atoms. The number of hydrogen-bond donors (Lipinski definition) is 0. The fourth-order valence-electron chi connectivity index (χ4n) is 2.30. The van der Waals surface area contributed by atoms with Crippen LogP contribution in [0.4, 0.5) is 0 Å². The maximum Gasteiger partial charge on any atom is 0.126 e. The van der Waals surface area contributed by atoms with Gasteiger partial charge in [-0.1, -0.05) is 60.7 Å². The number of ether oxygens (including phenoxy) is 1. The first kappa shape index (κ1) is 12.5. The Morgan fingerprint density at radius 3 is 2.35 bits per heavy atom. The summed E-state index contributed by atoms with van der Waals surface area (Å²) in [4.78, 5) is 0. The van der Waals surface area contributed by atoms with Crippen molar-refractivity contribution in [2.45, 2.75) is 0 Å². The molecule has 1 radical (unpaired) electrons. The van der Waals surface area contributed by atoms with Gasteiger partial charge in [-0.2, -0.15) is 0 Å². The van der Waals surface area contributed by atoms with Crippen LogP contribution in [0.2, 0.25) is 0 Å². The molecule has 0 atom stereocenters. The molecule has 0 saturated carbocycles. The second kappa shape index (κ2) is 5.62. The lowest BCUT2D eigenvalue weighted by atomic mass is 9.98. The second-order valence-corrected chi connectivity index (χ2v) is 4.56. The molecule has 1 heteroatoms. The molecule has 3 rings (SSSR count). The van der Waals surface area contributed by atoms with Crippen LogP contribution in [0.3, 0.4) is 0 Å². The van der Waals surface area contributed by atoms with E-state index in [1.165, 1.54) is 11.1 Å². The molecular formula is C19H15O. The summed E-state index contributed by atoms with van der Waals surface area (Å²) in [5, 5.41) is 0. The Balaban J connectivity index is 2.08. The highest BCUT2D eigenvalue weighted by Crippen LogP contribution is 2.31. The van der Waals surface area contributed by atoms with Gasteiger partial charge in [0.2, 0.25) is 0 Å². The molecule has 3 aromatic carbocycles. The van der Waals surface area contributed by atoms with Crippen molar-refractivity contribution >= 4 is 0 Å². The fourth-order valence-corrected chi connectivity index (χ4v) is 2.30. The molecule has 0 N–H and O–H groups in total. The first-order valence-electron chi connectivity index (χ1n) is 6.59. The van der Waals surface area contributed by atoms with Gasteiger partial charge in [0.25, 0.3) is 0 Å². The molecule has 1 nitrogen and oxygen atoms in total. The molecule has 0 unspecified atom stereocenters. The normalized spacial score (nSPS) is 10.2. The summed E-state index contributed by atoms with van der Waals surface area (Å²) >= 11 is 0. The molecule has 0 aliphatic heterocycles. The molecule has 0 fully saturated rings. The van der Waals surface area contributed by atoms with Crippen LogP contribution in [0.25, 0.3) is 22.3 Å².